The van der Waals surface area contributed by atoms with Crippen LogP contribution in [0.2, 0.25) is 0 Å². The average Bonchev–Trinajstić information content (AvgIpc) is 2.37. The Bertz CT molecular complexity index is 463. The minimum absolute atomic E-state index is 0.183. The van der Waals surface area contributed by atoms with Crippen LogP contribution >= 0.6 is 0 Å². The van der Waals surface area contributed by atoms with Crippen molar-refractivity contribution in [1.29, 1.82) is 0 Å². The third kappa shape index (κ3) is 5.64. The van der Waals surface area contributed by atoms with Gasteiger partial charge in [0.15, 0.2) is 9.84 Å². The molecule has 0 spiro atoms. The molecular formula is C15H25NO2S. The Kier molecular flexibility index (Phi) is 6.35. The maximum absolute atomic E-state index is 11.7. The lowest BCUT2D eigenvalue weighted by Crippen LogP contribution is -2.22. The molecule has 3 nitrogen and oxygen atoms in total. The molecule has 0 aliphatic rings. The van der Waals surface area contributed by atoms with Gasteiger partial charge < -0.3 is 5.32 Å². The predicted molar refractivity (Wildman–Crippen MR) is 82.5 cm³/mol. The second kappa shape index (κ2) is 7.53. The van der Waals surface area contributed by atoms with E-state index in [-0.39, 0.29) is 11.0 Å². The highest BCUT2D eigenvalue weighted by Gasteiger charge is 2.14. The van der Waals surface area contributed by atoms with E-state index in [9.17, 15) is 8.42 Å². The molecule has 0 unspecified atom stereocenters. The maximum atomic E-state index is 11.7. The summed E-state index contributed by atoms with van der Waals surface area (Å²) in [5.74, 6) is 0.183. The lowest BCUT2D eigenvalue weighted by Gasteiger charge is -2.10. The Balaban J connectivity index is 2.42. The zero-order chi connectivity index (χ0) is 14.3. The second-order valence-corrected chi connectivity index (χ2v) is 7.82. The highest BCUT2D eigenvalue weighted by Crippen LogP contribution is 2.12. The Morgan fingerprint density at radius 3 is 2.32 bits per heavy atom. The largest absolute Gasteiger partial charge is 0.384 e. The molecule has 0 heterocycles. The van der Waals surface area contributed by atoms with Crippen LogP contribution in [0.5, 0.6) is 0 Å². The number of anilines is 1. The number of aryl methyl sites for hydroxylation is 1. The monoisotopic (exact) mass is 283 g/mol. The lowest BCUT2D eigenvalue weighted by atomic mass is 10.1. The van der Waals surface area contributed by atoms with E-state index in [0.29, 0.717) is 6.54 Å². The minimum atomic E-state index is -2.95. The summed E-state index contributed by atoms with van der Waals surface area (Å²) in [5, 5.41) is 2.86. The van der Waals surface area contributed by atoms with Crippen LogP contribution in [0.3, 0.4) is 0 Å². The van der Waals surface area contributed by atoms with E-state index in [4.69, 9.17) is 0 Å². The van der Waals surface area contributed by atoms with Crippen molar-refractivity contribution in [2.75, 3.05) is 17.6 Å². The summed E-state index contributed by atoms with van der Waals surface area (Å²) in [6.07, 6.45) is 3.52. The Hall–Kier alpha value is -1.03. The van der Waals surface area contributed by atoms with Crippen molar-refractivity contribution in [2.45, 2.75) is 45.3 Å². The van der Waals surface area contributed by atoms with Crippen LogP contribution in [0.25, 0.3) is 0 Å². The van der Waals surface area contributed by atoms with Gasteiger partial charge in [-0.3, -0.25) is 0 Å². The molecule has 0 amide bonds. The average molecular weight is 283 g/mol. The van der Waals surface area contributed by atoms with Crippen LogP contribution in [0.1, 0.15) is 39.2 Å². The first-order valence-electron chi connectivity index (χ1n) is 7.00. The number of hydrogen-bond acceptors (Lipinski definition) is 3. The quantitative estimate of drug-likeness (QED) is 0.796. The van der Waals surface area contributed by atoms with E-state index in [1.807, 2.05) is 12.1 Å². The maximum Gasteiger partial charge on any atom is 0.154 e. The summed E-state index contributed by atoms with van der Waals surface area (Å²) in [6, 6.07) is 8.25. The number of unbranched alkanes of at least 4 members (excludes halogenated alkanes) is 1. The van der Waals surface area contributed by atoms with Crippen molar-refractivity contribution in [1.82, 2.24) is 0 Å². The summed E-state index contributed by atoms with van der Waals surface area (Å²) in [4.78, 5) is 0. The topological polar surface area (TPSA) is 46.2 Å². The molecule has 4 heteroatoms. The van der Waals surface area contributed by atoms with E-state index in [2.05, 4.69) is 24.4 Å². The van der Waals surface area contributed by atoms with Crippen molar-refractivity contribution >= 4 is 15.5 Å². The molecular weight excluding hydrogens is 258 g/mol. The van der Waals surface area contributed by atoms with E-state index in [0.717, 1.165) is 12.1 Å². The van der Waals surface area contributed by atoms with Gasteiger partial charge in [0.2, 0.25) is 0 Å². The zero-order valence-corrected chi connectivity index (χ0v) is 13.0. The molecule has 0 atom stereocenters. The fourth-order valence-corrected chi connectivity index (χ4v) is 2.60. The summed E-state index contributed by atoms with van der Waals surface area (Å²) >= 11 is 0. The van der Waals surface area contributed by atoms with Crippen LogP contribution in [0.15, 0.2) is 24.3 Å². The Labute approximate surface area is 117 Å². The van der Waals surface area contributed by atoms with E-state index >= 15 is 0 Å². The van der Waals surface area contributed by atoms with E-state index in [1.165, 1.54) is 18.4 Å². The Morgan fingerprint density at radius 2 is 1.79 bits per heavy atom. The molecule has 1 N–H and O–H groups in total. The molecule has 1 aromatic rings. The smallest absolute Gasteiger partial charge is 0.154 e. The highest BCUT2D eigenvalue weighted by molar-refractivity contribution is 7.92. The van der Waals surface area contributed by atoms with Crippen molar-refractivity contribution < 1.29 is 8.42 Å². The SMILES string of the molecule is CCCCc1ccc(NCCS(=O)(=O)C(C)C)cc1. The predicted octanol–water partition coefficient (Wildman–Crippen LogP) is 3.26. The molecule has 0 bridgehead atoms. The molecule has 0 saturated heterocycles. The van der Waals surface area contributed by atoms with Gasteiger partial charge in [0.25, 0.3) is 0 Å². The molecule has 108 valence electrons. The first-order chi connectivity index (χ1) is 8.95. The first kappa shape index (κ1) is 16.0. The van der Waals surface area contributed by atoms with E-state index in [1.54, 1.807) is 13.8 Å². The number of rotatable bonds is 8. The molecule has 1 aromatic carbocycles. The molecule has 1 rings (SSSR count). The second-order valence-electron chi connectivity index (χ2n) is 5.14. The fourth-order valence-electron chi connectivity index (χ4n) is 1.74. The number of nitrogens with one attached hydrogen (secondary N) is 1. The van der Waals surface area contributed by atoms with Crippen molar-refractivity contribution in [3.63, 3.8) is 0 Å². The van der Waals surface area contributed by atoms with Crippen LogP contribution in [-0.4, -0.2) is 26.0 Å². The lowest BCUT2D eigenvalue weighted by molar-refractivity contribution is 0.588. The van der Waals surface area contributed by atoms with Crippen molar-refractivity contribution in [2.24, 2.45) is 0 Å². The van der Waals surface area contributed by atoms with Crippen molar-refractivity contribution in [3.05, 3.63) is 29.8 Å². The van der Waals surface area contributed by atoms with Crippen LogP contribution in [0, 0.1) is 0 Å². The molecule has 0 fully saturated rings. The summed E-state index contributed by atoms with van der Waals surface area (Å²) < 4.78 is 23.3. The summed E-state index contributed by atoms with van der Waals surface area (Å²) in [7, 11) is -2.95. The molecule has 0 aromatic heterocycles. The van der Waals surface area contributed by atoms with Gasteiger partial charge in [-0.2, -0.15) is 0 Å². The number of benzene rings is 1. The first-order valence-corrected chi connectivity index (χ1v) is 8.71. The molecule has 0 saturated carbocycles. The van der Waals surface area contributed by atoms with Crippen LogP contribution < -0.4 is 5.32 Å². The third-order valence-electron chi connectivity index (χ3n) is 3.21. The van der Waals surface area contributed by atoms with Crippen LogP contribution in [0.4, 0.5) is 5.69 Å². The fraction of sp³-hybridized carbons (Fsp3) is 0.600. The van der Waals surface area contributed by atoms with Gasteiger partial charge in [-0.05, 0) is 44.4 Å². The van der Waals surface area contributed by atoms with Gasteiger partial charge >= 0.3 is 0 Å². The van der Waals surface area contributed by atoms with Crippen molar-refractivity contribution in [3.8, 4) is 0 Å². The highest BCUT2D eigenvalue weighted by atomic mass is 32.2. The Morgan fingerprint density at radius 1 is 1.16 bits per heavy atom. The van der Waals surface area contributed by atoms with E-state index < -0.39 is 9.84 Å². The van der Waals surface area contributed by atoms with Gasteiger partial charge in [-0.15, -0.1) is 0 Å². The third-order valence-corrected chi connectivity index (χ3v) is 5.42. The van der Waals surface area contributed by atoms with Gasteiger partial charge in [-0.25, -0.2) is 8.42 Å². The molecule has 19 heavy (non-hydrogen) atoms. The number of sulfone groups is 1. The van der Waals surface area contributed by atoms with Crippen LogP contribution in [-0.2, 0) is 16.3 Å². The van der Waals surface area contributed by atoms with Gasteiger partial charge in [-0.1, -0.05) is 25.5 Å². The minimum Gasteiger partial charge on any atom is -0.384 e. The number of hydrogen-bond donors (Lipinski definition) is 1. The molecule has 0 radical (unpaired) electrons. The van der Waals surface area contributed by atoms with Gasteiger partial charge in [0, 0.05) is 12.2 Å². The van der Waals surface area contributed by atoms with Gasteiger partial charge in [0.1, 0.15) is 0 Å². The molecule has 0 aliphatic carbocycles. The summed E-state index contributed by atoms with van der Waals surface area (Å²) in [6.45, 7) is 6.09. The van der Waals surface area contributed by atoms with Gasteiger partial charge in [0.05, 0.1) is 11.0 Å². The molecule has 0 aliphatic heterocycles. The normalized spacial score (nSPS) is 11.8. The standard InChI is InChI=1S/C15H25NO2S/c1-4-5-6-14-7-9-15(10-8-14)16-11-12-19(17,18)13(2)3/h7-10,13,16H,4-6,11-12H2,1-3H3. The zero-order valence-electron chi connectivity index (χ0n) is 12.1. The summed E-state index contributed by atoms with van der Waals surface area (Å²) in [5.41, 5.74) is 2.32.